The van der Waals surface area contributed by atoms with Crippen LogP contribution < -0.4 is 20.7 Å². The normalized spacial score (nSPS) is 20.5. The van der Waals surface area contributed by atoms with E-state index >= 15 is 0 Å². The van der Waals surface area contributed by atoms with Crippen molar-refractivity contribution in [3.63, 3.8) is 0 Å². The van der Waals surface area contributed by atoms with Gasteiger partial charge in [-0.2, -0.15) is 0 Å². The topological polar surface area (TPSA) is 120 Å². The highest BCUT2D eigenvalue weighted by molar-refractivity contribution is 6.01. The lowest BCUT2D eigenvalue weighted by Gasteiger charge is -2.33. The van der Waals surface area contributed by atoms with Crippen LogP contribution in [0, 0.1) is 0 Å². The number of rotatable bonds is 7. The summed E-state index contributed by atoms with van der Waals surface area (Å²) < 4.78 is 5.98. The fourth-order valence-corrected chi connectivity index (χ4v) is 6.00. The number of carbonyl (C=O) groups excluding carboxylic acids is 4. The summed E-state index contributed by atoms with van der Waals surface area (Å²) in [5.74, 6) is -1.33. The number of likely N-dealkylation sites (N-methyl/N-ethyl adjacent to an activating group) is 1. The third-order valence-electron chi connectivity index (χ3n) is 8.55. The van der Waals surface area contributed by atoms with Gasteiger partial charge in [0.1, 0.15) is 24.4 Å². The molecule has 2 heterocycles. The molecule has 3 aromatic carbocycles. The minimum Gasteiger partial charge on any atom is -0.491 e. The van der Waals surface area contributed by atoms with Crippen LogP contribution in [0.15, 0.2) is 84.9 Å². The van der Waals surface area contributed by atoms with Crippen LogP contribution in [0.5, 0.6) is 5.75 Å². The Balaban J connectivity index is 1.32. The van der Waals surface area contributed by atoms with Crippen LogP contribution in [0.3, 0.4) is 0 Å². The van der Waals surface area contributed by atoms with Crippen LogP contribution >= 0.6 is 0 Å². The van der Waals surface area contributed by atoms with Crippen LogP contribution in [0.1, 0.15) is 47.7 Å². The average molecular weight is 626 g/mol. The summed E-state index contributed by atoms with van der Waals surface area (Å²) in [4.78, 5) is 58.4. The van der Waals surface area contributed by atoms with Gasteiger partial charge in [-0.15, -0.1) is 0 Å². The van der Waals surface area contributed by atoms with Crippen molar-refractivity contribution in [1.82, 2.24) is 25.8 Å². The van der Waals surface area contributed by atoms with Gasteiger partial charge in [0.2, 0.25) is 17.7 Å². The molecule has 0 spiro atoms. The Hall–Kier alpha value is -4.70. The molecule has 0 aliphatic carbocycles. The van der Waals surface area contributed by atoms with Gasteiger partial charge in [0.15, 0.2) is 0 Å². The van der Waals surface area contributed by atoms with E-state index in [1.54, 1.807) is 29.2 Å². The van der Waals surface area contributed by atoms with Crippen molar-refractivity contribution in [1.29, 1.82) is 0 Å². The predicted octanol–water partition coefficient (Wildman–Crippen LogP) is 2.92. The molecule has 0 bridgehead atoms. The Kier molecular flexibility index (Phi) is 11.4. The highest BCUT2D eigenvalue weighted by Crippen LogP contribution is 2.20. The minimum absolute atomic E-state index is 0.0891. The Labute approximate surface area is 270 Å². The van der Waals surface area contributed by atoms with Crippen molar-refractivity contribution in [3.8, 4) is 5.75 Å². The molecule has 2 aliphatic rings. The lowest BCUT2D eigenvalue weighted by Crippen LogP contribution is -2.55. The van der Waals surface area contributed by atoms with Crippen LogP contribution in [-0.4, -0.2) is 84.3 Å². The second kappa shape index (κ2) is 16.0. The summed E-state index contributed by atoms with van der Waals surface area (Å²) in [6, 6.07) is 24.4. The molecule has 2 atom stereocenters. The molecule has 0 aromatic heterocycles. The van der Waals surface area contributed by atoms with Crippen LogP contribution in [0.2, 0.25) is 0 Å². The summed E-state index contributed by atoms with van der Waals surface area (Å²) in [7, 11) is 0. The molecule has 242 valence electrons. The van der Waals surface area contributed by atoms with Gasteiger partial charge < -0.3 is 25.6 Å². The molecular weight excluding hydrogens is 582 g/mol. The number of carbonyl (C=O) groups is 4. The minimum atomic E-state index is -1.15. The Morgan fingerprint density at radius 1 is 0.848 bits per heavy atom. The van der Waals surface area contributed by atoms with Crippen LogP contribution in [0.4, 0.5) is 0 Å². The number of hydrogen-bond acceptors (Lipinski definition) is 6. The molecule has 1 fully saturated rings. The van der Waals surface area contributed by atoms with Crippen molar-refractivity contribution < 1.29 is 23.9 Å². The van der Waals surface area contributed by atoms with Crippen molar-refractivity contribution >= 4 is 23.6 Å². The second-order valence-corrected chi connectivity index (χ2v) is 11.8. The first kappa shape index (κ1) is 32.7. The standard InChI is InChI=1S/C36H43N5O5/c1-2-41-21-22-46-32-16-10-9-15-29(32)34(43)39-30(24-33(42)38-31(36(41)45)23-26-11-5-3-6-12-26)35(44)37-28-17-19-40(20-18-28)25-27-13-7-4-8-14-27/h3-16,28,30-31H,2,17-25H2,1H3,(H,37,44)(H,38,42)(H,39,43)/t30-,31-/m0/s1. The van der Waals surface area contributed by atoms with Gasteiger partial charge >= 0.3 is 0 Å². The molecule has 2 aliphatic heterocycles. The molecule has 10 heteroatoms. The number of fused-ring (bicyclic) bond motifs is 1. The smallest absolute Gasteiger partial charge is 0.255 e. The average Bonchev–Trinajstić information content (AvgIpc) is 3.07. The van der Waals surface area contributed by atoms with Crippen LogP contribution in [0.25, 0.3) is 0 Å². The fourth-order valence-electron chi connectivity index (χ4n) is 6.00. The van der Waals surface area contributed by atoms with Gasteiger partial charge in [0.25, 0.3) is 5.91 Å². The molecule has 10 nitrogen and oxygen atoms in total. The number of para-hydroxylation sites is 1. The van der Waals surface area contributed by atoms with Crippen molar-refractivity contribution in [2.24, 2.45) is 0 Å². The highest BCUT2D eigenvalue weighted by Gasteiger charge is 2.32. The number of hydrogen-bond donors (Lipinski definition) is 3. The van der Waals surface area contributed by atoms with E-state index in [4.69, 9.17) is 4.74 Å². The molecule has 0 radical (unpaired) electrons. The van der Waals surface area contributed by atoms with Gasteiger partial charge in [-0.05, 0) is 43.0 Å². The van der Waals surface area contributed by atoms with Crippen LogP contribution in [-0.2, 0) is 27.3 Å². The lowest BCUT2D eigenvalue weighted by atomic mass is 10.0. The number of nitrogens with zero attached hydrogens (tertiary/aromatic N) is 2. The van der Waals surface area contributed by atoms with E-state index in [9.17, 15) is 19.2 Å². The maximum absolute atomic E-state index is 13.7. The lowest BCUT2D eigenvalue weighted by molar-refractivity contribution is -0.137. The molecule has 4 amide bonds. The zero-order chi connectivity index (χ0) is 32.3. The zero-order valence-corrected chi connectivity index (χ0v) is 26.3. The van der Waals surface area contributed by atoms with Crippen molar-refractivity contribution in [2.75, 3.05) is 32.8 Å². The second-order valence-electron chi connectivity index (χ2n) is 11.8. The highest BCUT2D eigenvalue weighted by atomic mass is 16.5. The number of nitrogens with one attached hydrogen (secondary N) is 3. The predicted molar refractivity (Wildman–Crippen MR) is 175 cm³/mol. The van der Waals surface area contributed by atoms with E-state index in [1.807, 2.05) is 55.5 Å². The first-order chi connectivity index (χ1) is 22.4. The summed E-state index contributed by atoms with van der Waals surface area (Å²) >= 11 is 0. The molecule has 0 saturated carbocycles. The number of piperidine rings is 1. The molecule has 1 saturated heterocycles. The van der Waals surface area contributed by atoms with Crippen molar-refractivity contribution in [2.45, 2.75) is 57.3 Å². The zero-order valence-electron chi connectivity index (χ0n) is 26.3. The molecule has 3 aromatic rings. The van der Waals surface area contributed by atoms with Gasteiger partial charge in [-0.25, -0.2) is 0 Å². The monoisotopic (exact) mass is 625 g/mol. The Bertz CT molecular complexity index is 1480. The van der Waals surface area contributed by atoms with E-state index in [-0.39, 0.29) is 43.5 Å². The first-order valence-electron chi connectivity index (χ1n) is 16.1. The maximum atomic E-state index is 13.7. The van der Waals surface area contributed by atoms with E-state index < -0.39 is 29.8 Å². The maximum Gasteiger partial charge on any atom is 0.255 e. The summed E-state index contributed by atoms with van der Waals surface area (Å²) in [5.41, 5.74) is 2.39. The van der Waals surface area contributed by atoms with Gasteiger partial charge in [0.05, 0.1) is 18.5 Å². The summed E-state index contributed by atoms with van der Waals surface area (Å²) in [6.45, 7) is 5.21. The van der Waals surface area contributed by atoms with E-state index in [2.05, 4.69) is 33.0 Å². The molecule has 0 unspecified atom stereocenters. The molecule has 5 rings (SSSR count). The van der Waals surface area contributed by atoms with E-state index in [1.165, 1.54) is 5.56 Å². The third-order valence-corrected chi connectivity index (χ3v) is 8.55. The number of benzene rings is 3. The molecular formula is C36H43N5O5. The number of likely N-dealkylation sites (tertiary alicyclic amines) is 1. The molecule has 3 N–H and O–H groups in total. The molecule has 46 heavy (non-hydrogen) atoms. The number of amides is 4. The largest absolute Gasteiger partial charge is 0.491 e. The Morgan fingerprint density at radius 3 is 2.20 bits per heavy atom. The fraction of sp³-hybridized carbons (Fsp3) is 0.389. The SMILES string of the molecule is CCN1CCOc2ccccc2C(=O)N[C@H](C(=O)NC2CCN(Cc3ccccc3)CC2)CC(=O)N[C@@H](Cc2ccccc2)C1=O. The van der Waals surface area contributed by atoms with E-state index in [0.717, 1.165) is 38.0 Å². The van der Waals surface area contributed by atoms with Gasteiger partial charge in [0, 0.05) is 38.6 Å². The van der Waals surface area contributed by atoms with E-state index in [0.29, 0.717) is 12.3 Å². The van der Waals surface area contributed by atoms with Gasteiger partial charge in [-0.1, -0.05) is 72.8 Å². The van der Waals surface area contributed by atoms with Gasteiger partial charge in [-0.3, -0.25) is 24.1 Å². The number of ether oxygens (including phenoxy) is 1. The quantitative estimate of drug-likeness (QED) is 0.372. The first-order valence-corrected chi connectivity index (χ1v) is 16.1. The summed E-state index contributed by atoms with van der Waals surface area (Å²) in [6.07, 6.45) is 1.47. The Morgan fingerprint density at radius 2 is 1.50 bits per heavy atom. The third kappa shape index (κ3) is 8.94. The summed E-state index contributed by atoms with van der Waals surface area (Å²) in [5, 5.41) is 8.74. The van der Waals surface area contributed by atoms with Crippen molar-refractivity contribution in [3.05, 3.63) is 102 Å².